The van der Waals surface area contributed by atoms with Crippen molar-refractivity contribution < 1.29 is 19.0 Å². The number of nitrogens with one attached hydrogen (secondary N) is 2. The highest BCUT2D eigenvalue weighted by molar-refractivity contribution is 6.07. The number of hydrogen-bond acceptors (Lipinski definition) is 7. The zero-order valence-corrected chi connectivity index (χ0v) is 20.3. The number of rotatable bonds is 8. The Hall–Kier alpha value is -5.11. The molecule has 5 rings (SSSR count). The zero-order valence-electron chi connectivity index (χ0n) is 20.3. The van der Waals surface area contributed by atoms with Gasteiger partial charge >= 0.3 is 0 Å². The van der Waals surface area contributed by atoms with Gasteiger partial charge in [0.2, 0.25) is 0 Å². The molecule has 0 fully saturated rings. The number of amides is 1. The fourth-order valence-electron chi connectivity index (χ4n) is 3.81. The van der Waals surface area contributed by atoms with Crippen LogP contribution in [-0.4, -0.2) is 30.1 Å². The van der Waals surface area contributed by atoms with E-state index >= 15 is 0 Å². The van der Waals surface area contributed by atoms with Gasteiger partial charge in [-0.2, -0.15) is 0 Å². The Morgan fingerprint density at radius 1 is 0.730 bits per heavy atom. The molecule has 37 heavy (non-hydrogen) atoms. The Morgan fingerprint density at radius 3 is 2.24 bits per heavy atom. The van der Waals surface area contributed by atoms with Crippen molar-refractivity contribution in [2.45, 2.75) is 0 Å². The monoisotopic (exact) mass is 492 g/mol. The van der Waals surface area contributed by atoms with Gasteiger partial charge in [-0.05, 0) is 60.7 Å². The van der Waals surface area contributed by atoms with E-state index in [-0.39, 0.29) is 5.91 Å². The smallest absolute Gasteiger partial charge is 0.259 e. The highest BCUT2D eigenvalue weighted by atomic mass is 16.5. The number of nitrogens with zero attached hydrogens (tertiary/aromatic N) is 2. The highest BCUT2D eigenvalue weighted by Gasteiger charge is 2.14. The molecule has 5 aromatic rings. The van der Waals surface area contributed by atoms with E-state index in [9.17, 15) is 4.79 Å². The van der Waals surface area contributed by atoms with Crippen LogP contribution < -0.4 is 24.8 Å². The first-order valence-electron chi connectivity index (χ1n) is 11.5. The summed E-state index contributed by atoms with van der Waals surface area (Å²) in [5.74, 6) is 2.66. The van der Waals surface area contributed by atoms with E-state index in [0.29, 0.717) is 40.1 Å². The maximum Gasteiger partial charge on any atom is 0.259 e. The largest absolute Gasteiger partial charge is 0.493 e. The van der Waals surface area contributed by atoms with E-state index in [2.05, 4.69) is 20.6 Å². The van der Waals surface area contributed by atoms with Gasteiger partial charge in [-0.25, -0.2) is 4.98 Å². The molecule has 0 radical (unpaired) electrons. The maximum absolute atomic E-state index is 12.8. The fourth-order valence-corrected chi connectivity index (χ4v) is 3.81. The molecule has 2 N–H and O–H groups in total. The topological polar surface area (TPSA) is 94.6 Å². The number of benzene rings is 3. The lowest BCUT2D eigenvalue weighted by atomic mass is 10.2. The lowest BCUT2D eigenvalue weighted by Gasteiger charge is -2.13. The summed E-state index contributed by atoms with van der Waals surface area (Å²) in [5, 5.41) is 6.91. The number of carbonyl (C=O) groups excluding carboxylic acids is 1. The number of ether oxygens (including phenoxy) is 3. The van der Waals surface area contributed by atoms with Gasteiger partial charge in [0.05, 0.1) is 25.3 Å². The lowest BCUT2D eigenvalue weighted by Crippen LogP contribution is -2.14. The standard InChI is InChI=1S/C29H24N4O4/c1-35-26-17-23-24(18-27(26)36-2)30-16-14-25(23)37-21-12-10-20(11-13-21)32-28-22(9-6-15-31-28)29(34)33-19-7-4-3-5-8-19/h3-18H,1-2H3,(H,31,32)(H,33,34). The van der Waals surface area contributed by atoms with Crippen LogP contribution in [0.4, 0.5) is 17.2 Å². The van der Waals surface area contributed by atoms with E-state index < -0.39 is 0 Å². The van der Waals surface area contributed by atoms with Crippen molar-refractivity contribution in [3.63, 3.8) is 0 Å². The number of para-hydroxylation sites is 1. The normalized spacial score (nSPS) is 10.5. The summed E-state index contributed by atoms with van der Waals surface area (Å²) in [7, 11) is 3.17. The molecule has 1 amide bonds. The van der Waals surface area contributed by atoms with Crippen LogP contribution in [0, 0.1) is 0 Å². The Bertz CT molecular complexity index is 1540. The summed E-state index contributed by atoms with van der Waals surface area (Å²) in [6, 6.07) is 25.6. The number of methoxy groups -OCH3 is 2. The van der Waals surface area contributed by atoms with Gasteiger partial charge in [-0.1, -0.05) is 18.2 Å². The molecule has 2 aromatic heterocycles. The van der Waals surface area contributed by atoms with E-state index in [1.54, 1.807) is 44.8 Å². The molecule has 2 heterocycles. The minimum atomic E-state index is -0.252. The number of fused-ring (bicyclic) bond motifs is 1. The second-order valence-corrected chi connectivity index (χ2v) is 8.00. The van der Waals surface area contributed by atoms with Gasteiger partial charge in [0.25, 0.3) is 5.91 Å². The first-order chi connectivity index (χ1) is 18.1. The number of hydrogen-bond donors (Lipinski definition) is 2. The van der Waals surface area contributed by atoms with Gasteiger partial charge in [0.1, 0.15) is 17.3 Å². The molecular formula is C29H24N4O4. The second-order valence-electron chi connectivity index (χ2n) is 8.00. The molecule has 184 valence electrons. The van der Waals surface area contributed by atoms with Crippen LogP contribution in [0.15, 0.2) is 97.3 Å². The summed E-state index contributed by atoms with van der Waals surface area (Å²) >= 11 is 0. The Labute approximate surface area is 213 Å². The molecule has 0 bridgehead atoms. The van der Waals surface area contributed by atoms with Crippen molar-refractivity contribution in [2.75, 3.05) is 24.9 Å². The van der Waals surface area contributed by atoms with E-state index in [1.807, 2.05) is 66.7 Å². The van der Waals surface area contributed by atoms with Crippen molar-refractivity contribution in [1.29, 1.82) is 0 Å². The molecule has 0 aliphatic carbocycles. The molecule has 0 atom stereocenters. The summed E-state index contributed by atoms with van der Waals surface area (Å²) in [6.45, 7) is 0. The first-order valence-corrected chi connectivity index (χ1v) is 11.5. The molecule has 8 nitrogen and oxygen atoms in total. The maximum atomic E-state index is 12.8. The number of aromatic nitrogens is 2. The van der Waals surface area contributed by atoms with Crippen LogP contribution >= 0.6 is 0 Å². The summed E-state index contributed by atoms with van der Waals surface area (Å²) in [4.78, 5) is 21.6. The molecule has 0 saturated heterocycles. The SMILES string of the molecule is COc1cc2nccc(Oc3ccc(Nc4ncccc4C(=O)Nc4ccccc4)cc3)c2cc1OC. The van der Waals surface area contributed by atoms with E-state index in [0.717, 1.165) is 16.6 Å². The number of pyridine rings is 2. The molecule has 0 aliphatic rings. The lowest BCUT2D eigenvalue weighted by molar-refractivity contribution is 0.102. The average Bonchev–Trinajstić information content (AvgIpc) is 2.94. The zero-order chi connectivity index (χ0) is 25.6. The van der Waals surface area contributed by atoms with Gasteiger partial charge in [0, 0.05) is 35.2 Å². The number of anilines is 3. The minimum absolute atomic E-state index is 0.252. The van der Waals surface area contributed by atoms with Crippen molar-refractivity contribution in [3.05, 3.63) is 103 Å². The summed E-state index contributed by atoms with van der Waals surface area (Å²) < 4.78 is 17.0. The van der Waals surface area contributed by atoms with Crippen LogP contribution in [0.3, 0.4) is 0 Å². The van der Waals surface area contributed by atoms with Gasteiger partial charge in [0.15, 0.2) is 11.5 Å². The number of carbonyl (C=O) groups is 1. The van der Waals surface area contributed by atoms with Gasteiger partial charge < -0.3 is 24.8 Å². The quantitative estimate of drug-likeness (QED) is 0.258. The second kappa shape index (κ2) is 10.7. The van der Waals surface area contributed by atoms with E-state index in [4.69, 9.17) is 14.2 Å². The Balaban J connectivity index is 1.34. The Kier molecular flexibility index (Phi) is 6.80. The average molecular weight is 493 g/mol. The molecule has 3 aromatic carbocycles. The third-order valence-corrected chi connectivity index (χ3v) is 5.64. The van der Waals surface area contributed by atoms with Crippen LogP contribution in [0.1, 0.15) is 10.4 Å². The highest BCUT2D eigenvalue weighted by Crippen LogP contribution is 2.37. The van der Waals surface area contributed by atoms with Crippen LogP contribution in [0.2, 0.25) is 0 Å². The first kappa shape index (κ1) is 23.6. The van der Waals surface area contributed by atoms with Crippen LogP contribution in [0.25, 0.3) is 10.9 Å². The molecule has 0 saturated carbocycles. The Morgan fingerprint density at radius 2 is 1.49 bits per heavy atom. The minimum Gasteiger partial charge on any atom is -0.493 e. The molecule has 0 unspecified atom stereocenters. The van der Waals surface area contributed by atoms with Crippen molar-refractivity contribution in [1.82, 2.24) is 9.97 Å². The van der Waals surface area contributed by atoms with Crippen LogP contribution in [-0.2, 0) is 0 Å². The van der Waals surface area contributed by atoms with Gasteiger partial charge in [-0.3, -0.25) is 9.78 Å². The fraction of sp³-hybridized carbons (Fsp3) is 0.0690. The van der Waals surface area contributed by atoms with E-state index in [1.165, 1.54) is 0 Å². The third kappa shape index (κ3) is 5.28. The summed E-state index contributed by atoms with van der Waals surface area (Å²) in [5.41, 5.74) is 2.62. The van der Waals surface area contributed by atoms with Crippen molar-refractivity contribution >= 4 is 34.0 Å². The summed E-state index contributed by atoms with van der Waals surface area (Å²) in [6.07, 6.45) is 3.32. The third-order valence-electron chi connectivity index (χ3n) is 5.64. The van der Waals surface area contributed by atoms with Crippen molar-refractivity contribution in [3.8, 4) is 23.0 Å². The molecule has 0 aliphatic heterocycles. The molecule has 8 heteroatoms. The van der Waals surface area contributed by atoms with Gasteiger partial charge in [-0.15, -0.1) is 0 Å². The van der Waals surface area contributed by atoms with Crippen LogP contribution in [0.5, 0.6) is 23.0 Å². The predicted octanol–water partition coefficient (Wildman–Crippen LogP) is 6.44. The molecule has 0 spiro atoms. The molecular weight excluding hydrogens is 468 g/mol. The predicted molar refractivity (Wildman–Crippen MR) is 143 cm³/mol. The van der Waals surface area contributed by atoms with Crippen molar-refractivity contribution in [2.24, 2.45) is 0 Å².